The van der Waals surface area contributed by atoms with Crippen molar-refractivity contribution in [3.8, 4) is 0 Å². The molecule has 126 valence electrons. The van der Waals surface area contributed by atoms with Crippen LogP contribution in [0, 0.1) is 13.8 Å². The SMILES string of the molecule is Cc1ccc(C(=O)Nc2ccc(Nc3ccc(Cl)cc3C)nc2)cc1. The van der Waals surface area contributed by atoms with Gasteiger partial charge in [0.2, 0.25) is 0 Å². The van der Waals surface area contributed by atoms with Crippen LogP contribution in [0.2, 0.25) is 5.02 Å². The standard InChI is InChI=1S/C20H18ClN3O/c1-13-3-5-15(6-4-13)20(25)23-17-8-10-19(22-12-17)24-18-9-7-16(21)11-14(18)2/h3-12H,1-2H3,(H,22,24)(H,23,25). The van der Waals surface area contributed by atoms with Crippen LogP contribution < -0.4 is 10.6 Å². The van der Waals surface area contributed by atoms with Gasteiger partial charge in [0, 0.05) is 16.3 Å². The minimum absolute atomic E-state index is 0.156. The monoisotopic (exact) mass is 351 g/mol. The van der Waals surface area contributed by atoms with Crippen LogP contribution in [0.15, 0.2) is 60.8 Å². The van der Waals surface area contributed by atoms with E-state index in [0.29, 0.717) is 22.1 Å². The molecule has 25 heavy (non-hydrogen) atoms. The molecule has 0 radical (unpaired) electrons. The predicted molar refractivity (Wildman–Crippen MR) is 103 cm³/mol. The first kappa shape index (κ1) is 17.0. The molecule has 5 heteroatoms. The summed E-state index contributed by atoms with van der Waals surface area (Å²) in [5, 5.41) is 6.78. The molecule has 2 aromatic carbocycles. The van der Waals surface area contributed by atoms with E-state index in [0.717, 1.165) is 16.8 Å². The second-order valence-electron chi connectivity index (χ2n) is 5.84. The van der Waals surface area contributed by atoms with Crippen LogP contribution in [0.1, 0.15) is 21.5 Å². The van der Waals surface area contributed by atoms with E-state index in [1.165, 1.54) is 0 Å². The molecule has 0 unspecified atom stereocenters. The normalized spacial score (nSPS) is 10.4. The van der Waals surface area contributed by atoms with Crippen LogP contribution >= 0.6 is 11.6 Å². The van der Waals surface area contributed by atoms with Crippen LogP contribution in [-0.2, 0) is 0 Å². The molecule has 1 aromatic heterocycles. The molecule has 0 spiro atoms. The van der Waals surface area contributed by atoms with Crippen molar-refractivity contribution in [1.29, 1.82) is 0 Å². The number of pyridine rings is 1. The fourth-order valence-electron chi connectivity index (χ4n) is 2.36. The molecule has 1 heterocycles. The summed E-state index contributed by atoms with van der Waals surface area (Å²) in [6, 6.07) is 16.7. The third kappa shape index (κ3) is 4.37. The topological polar surface area (TPSA) is 54.0 Å². The van der Waals surface area contributed by atoms with Gasteiger partial charge in [-0.3, -0.25) is 4.79 Å². The fraction of sp³-hybridized carbons (Fsp3) is 0.100. The van der Waals surface area contributed by atoms with E-state index in [2.05, 4.69) is 15.6 Å². The molecule has 0 fully saturated rings. The summed E-state index contributed by atoms with van der Waals surface area (Å²) in [7, 11) is 0. The van der Waals surface area contributed by atoms with Gasteiger partial charge in [0.05, 0.1) is 11.9 Å². The number of rotatable bonds is 4. The highest BCUT2D eigenvalue weighted by Gasteiger charge is 2.06. The Labute approximate surface area is 151 Å². The highest BCUT2D eigenvalue weighted by Crippen LogP contribution is 2.23. The zero-order chi connectivity index (χ0) is 17.8. The third-order valence-corrected chi connectivity index (χ3v) is 4.02. The number of aryl methyl sites for hydroxylation is 2. The van der Waals surface area contributed by atoms with Crippen molar-refractivity contribution in [2.45, 2.75) is 13.8 Å². The lowest BCUT2D eigenvalue weighted by Gasteiger charge is -2.10. The van der Waals surface area contributed by atoms with Crippen molar-refractivity contribution in [1.82, 2.24) is 4.98 Å². The highest BCUT2D eigenvalue weighted by molar-refractivity contribution is 6.30. The number of carbonyl (C=O) groups excluding carboxylic acids is 1. The number of nitrogens with one attached hydrogen (secondary N) is 2. The average Bonchev–Trinajstić information content (AvgIpc) is 2.59. The Morgan fingerprint density at radius 1 is 1.00 bits per heavy atom. The minimum Gasteiger partial charge on any atom is -0.340 e. The summed E-state index contributed by atoms with van der Waals surface area (Å²) in [4.78, 5) is 16.6. The largest absolute Gasteiger partial charge is 0.340 e. The zero-order valence-corrected chi connectivity index (χ0v) is 14.8. The van der Waals surface area contributed by atoms with Crippen LogP contribution in [0.25, 0.3) is 0 Å². The van der Waals surface area contributed by atoms with E-state index in [1.807, 2.05) is 56.3 Å². The molecule has 3 rings (SSSR count). The van der Waals surface area contributed by atoms with Gasteiger partial charge in [-0.1, -0.05) is 29.3 Å². The van der Waals surface area contributed by atoms with Gasteiger partial charge in [0.15, 0.2) is 0 Å². The number of hydrogen-bond donors (Lipinski definition) is 2. The second kappa shape index (κ2) is 7.36. The quantitative estimate of drug-likeness (QED) is 0.666. The molecule has 0 atom stereocenters. The first-order valence-corrected chi connectivity index (χ1v) is 8.26. The summed E-state index contributed by atoms with van der Waals surface area (Å²) >= 11 is 5.96. The predicted octanol–water partition coefficient (Wildman–Crippen LogP) is 5.35. The van der Waals surface area contributed by atoms with Gasteiger partial charge in [-0.15, -0.1) is 0 Å². The van der Waals surface area contributed by atoms with Gasteiger partial charge in [-0.2, -0.15) is 0 Å². The molecule has 2 N–H and O–H groups in total. The molecule has 3 aromatic rings. The van der Waals surface area contributed by atoms with Gasteiger partial charge in [-0.25, -0.2) is 4.98 Å². The molecule has 1 amide bonds. The lowest BCUT2D eigenvalue weighted by Crippen LogP contribution is -2.12. The van der Waals surface area contributed by atoms with Crippen LogP contribution in [0.4, 0.5) is 17.2 Å². The number of carbonyl (C=O) groups is 1. The average molecular weight is 352 g/mol. The summed E-state index contributed by atoms with van der Waals surface area (Å²) in [5.74, 6) is 0.537. The summed E-state index contributed by atoms with van der Waals surface area (Å²) in [6.45, 7) is 3.96. The second-order valence-corrected chi connectivity index (χ2v) is 6.27. The minimum atomic E-state index is -0.156. The Kier molecular flexibility index (Phi) is 5.00. The van der Waals surface area contributed by atoms with Crippen molar-refractivity contribution in [3.05, 3.63) is 82.5 Å². The maximum atomic E-state index is 12.2. The Morgan fingerprint density at radius 3 is 2.40 bits per heavy atom. The Morgan fingerprint density at radius 2 is 1.76 bits per heavy atom. The molecule has 0 saturated carbocycles. The number of aromatic nitrogens is 1. The Hall–Kier alpha value is -2.85. The number of benzene rings is 2. The molecule has 0 aliphatic carbocycles. The summed E-state index contributed by atoms with van der Waals surface area (Å²) < 4.78 is 0. The maximum Gasteiger partial charge on any atom is 0.255 e. The van der Waals surface area contributed by atoms with Crippen LogP contribution in [0.3, 0.4) is 0 Å². The van der Waals surface area contributed by atoms with Crippen molar-refractivity contribution in [3.63, 3.8) is 0 Å². The van der Waals surface area contributed by atoms with Gasteiger partial charge in [0.25, 0.3) is 5.91 Å². The Balaban J connectivity index is 1.67. The highest BCUT2D eigenvalue weighted by atomic mass is 35.5. The molecular formula is C20H18ClN3O. The van der Waals surface area contributed by atoms with Crippen LogP contribution in [-0.4, -0.2) is 10.9 Å². The Bertz CT molecular complexity index is 890. The molecule has 0 aliphatic rings. The van der Waals surface area contributed by atoms with E-state index in [9.17, 15) is 4.79 Å². The molecular weight excluding hydrogens is 334 g/mol. The molecule has 0 saturated heterocycles. The molecule has 4 nitrogen and oxygen atoms in total. The van der Waals surface area contributed by atoms with E-state index in [-0.39, 0.29) is 5.91 Å². The van der Waals surface area contributed by atoms with E-state index in [4.69, 9.17) is 11.6 Å². The van der Waals surface area contributed by atoms with Crippen molar-refractivity contribution in [2.24, 2.45) is 0 Å². The third-order valence-electron chi connectivity index (χ3n) is 3.79. The van der Waals surface area contributed by atoms with E-state index < -0.39 is 0 Å². The maximum absolute atomic E-state index is 12.2. The summed E-state index contributed by atoms with van der Waals surface area (Å²) in [6.07, 6.45) is 1.62. The lowest BCUT2D eigenvalue weighted by molar-refractivity contribution is 0.102. The van der Waals surface area contributed by atoms with Gasteiger partial charge in [0.1, 0.15) is 5.82 Å². The van der Waals surface area contributed by atoms with Crippen molar-refractivity contribution < 1.29 is 4.79 Å². The number of amides is 1. The van der Waals surface area contributed by atoms with Crippen LogP contribution in [0.5, 0.6) is 0 Å². The van der Waals surface area contributed by atoms with Gasteiger partial charge < -0.3 is 10.6 Å². The number of anilines is 3. The smallest absolute Gasteiger partial charge is 0.255 e. The first-order chi connectivity index (χ1) is 12.0. The van der Waals surface area contributed by atoms with Crippen molar-refractivity contribution >= 4 is 34.7 Å². The number of hydrogen-bond acceptors (Lipinski definition) is 3. The number of halogens is 1. The van der Waals surface area contributed by atoms with Gasteiger partial charge in [-0.05, 0) is 61.9 Å². The molecule has 0 aliphatic heterocycles. The fourth-order valence-corrected chi connectivity index (χ4v) is 2.58. The summed E-state index contributed by atoms with van der Waals surface area (Å²) in [5.41, 5.74) is 4.35. The lowest BCUT2D eigenvalue weighted by atomic mass is 10.1. The number of nitrogens with zero attached hydrogens (tertiary/aromatic N) is 1. The van der Waals surface area contributed by atoms with Crippen molar-refractivity contribution in [2.75, 3.05) is 10.6 Å². The first-order valence-electron chi connectivity index (χ1n) is 7.88. The molecule has 0 bridgehead atoms. The van der Waals surface area contributed by atoms with Gasteiger partial charge >= 0.3 is 0 Å². The van der Waals surface area contributed by atoms with E-state index in [1.54, 1.807) is 18.3 Å². The van der Waals surface area contributed by atoms with E-state index >= 15 is 0 Å². The zero-order valence-electron chi connectivity index (χ0n) is 14.0.